The van der Waals surface area contributed by atoms with Crippen molar-refractivity contribution in [3.63, 3.8) is 0 Å². The third-order valence-corrected chi connectivity index (χ3v) is 5.47. The van der Waals surface area contributed by atoms with Gasteiger partial charge in [-0.1, -0.05) is 0 Å². The Balaban J connectivity index is 1.46. The van der Waals surface area contributed by atoms with Crippen LogP contribution in [0.3, 0.4) is 0 Å². The lowest BCUT2D eigenvalue weighted by molar-refractivity contribution is -0.124. The minimum Gasteiger partial charge on any atom is -0.311 e. The number of hydrogen-bond donors (Lipinski definition) is 0. The van der Waals surface area contributed by atoms with E-state index in [4.69, 9.17) is 0 Å². The number of thiophene rings is 1. The molecule has 0 unspecified atom stereocenters. The standard InChI is InChI=1S/C17H19N3OS/c21-17-16-11-19(9-13-1-5-18-6-2-13)10-14(16)3-7-20(17)15-4-8-22-12-15/h1-2,4-6,8,12,14,16H,3,7,9-11H2/t14-,16-/m1/s1. The summed E-state index contributed by atoms with van der Waals surface area (Å²) in [6, 6.07) is 6.16. The Morgan fingerprint density at radius 2 is 2.09 bits per heavy atom. The molecule has 5 heteroatoms. The van der Waals surface area contributed by atoms with Crippen LogP contribution in [0.25, 0.3) is 0 Å². The average Bonchev–Trinajstić information content (AvgIpc) is 3.18. The molecule has 2 aliphatic rings. The van der Waals surface area contributed by atoms with E-state index in [0.717, 1.165) is 38.3 Å². The predicted octanol–water partition coefficient (Wildman–Crippen LogP) is 2.63. The molecule has 4 rings (SSSR count). The number of likely N-dealkylation sites (tertiary alicyclic amines) is 1. The first-order valence-corrected chi connectivity index (χ1v) is 8.70. The van der Waals surface area contributed by atoms with Crippen LogP contribution in [0.15, 0.2) is 41.4 Å². The molecule has 2 aromatic heterocycles. The zero-order chi connectivity index (χ0) is 14.9. The summed E-state index contributed by atoms with van der Waals surface area (Å²) < 4.78 is 0. The molecule has 1 amide bonds. The number of carbonyl (C=O) groups is 1. The summed E-state index contributed by atoms with van der Waals surface area (Å²) in [5, 5.41) is 4.11. The van der Waals surface area contributed by atoms with Crippen molar-refractivity contribution < 1.29 is 4.79 Å². The Labute approximate surface area is 134 Å². The molecule has 0 N–H and O–H groups in total. The summed E-state index contributed by atoms with van der Waals surface area (Å²) >= 11 is 1.65. The molecule has 2 fully saturated rings. The first-order valence-electron chi connectivity index (χ1n) is 7.76. The van der Waals surface area contributed by atoms with Gasteiger partial charge in [-0.05, 0) is 41.5 Å². The quantitative estimate of drug-likeness (QED) is 0.874. The smallest absolute Gasteiger partial charge is 0.231 e. The predicted molar refractivity (Wildman–Crippen MR) is 87.8 cm³/mol. The maximum atomic E-state index is 12.8. The molecule has 0 aromatic carbocycles. The number of amides is 1. The van der Waals surface area contributed by atoms with Crippen LogP contribution in [-0.4, -0.2) is 35.4 Å². The number of anilines is 1. The van der Waals surface area contributed by atoms with Crippen molar-refractivity contribution in [3.05, 3.63) is 46.9 Å². The zero-order valence-electron chi connectivity index (χ0n) is 12.4. The largest absolute Gasteiger partial charge is 0.311 e. The summed E-state index contributed by atoms with van der Waals surface area (Å²) in [5.74, 6) is 0.992. The Kier molecular flexibility index (Phi) is 3.68. The number of fused-ring (bicyclic) bond motifs is 1. The lowest BCUT2D eigenvalue weighted by atomic mass is 9.88. The zero-order valence-corrected chi connectivity index (χ0v) is 13.2. The fourth-order valence-electron chi connectivity index (χ4n) is 3.68. The molecule has 4 nitrogen and oxygen atoms in total. The summed E-state index contributed by atoms with van der Waals surface area (Å²) in [7, 11) is 0. The van der Waals surface area contributed by atoms with Crippen LogP contribution in [0.2, 0.25) is 0 Å². The van der Waals surface area contributed by atoms with Gasteiger partial charge in [0.2, 0.25) is 5.91 Å². The highest BCUT2D eigenvalue weighted by molar-refractivity contribution is 7.08. The fraction of sp³-hybridized carbons (Fsp3) is 0.412. The Bertz CT molecular complexity index is 643. The normalized spacial score (nSPS) is 25.5. The van der Waals surface area contributed by atoms with E-state index in [0.29, 0.717) is 11.8 Å². The van der Waals surface area contributed by atoms with Crippen LogP contribution in [0.1, 0.15) is 12.0 Å². The van der Waals surface area contributed by atoms with Gasteiger partial charge in [0.25, 0.3) is 0 Å². The molecule has 2 aliphatic heterocycles. The van der Waals surface area contributed by atoms with E-state index < -0.39 is 0 Å². The molecule has 2 aromatic rings. The second kappa shape index (κ2) is 5.82. The van der Waals surface area contributed by atoms with Crippen LogP contribution in [0.4, 0.5) is 5.69 Å². The highest BCUT2D eigenvalue weighted by Crippen LogP contribution is 2.35. The molecule has 4 heterocycles. The van der Waals surface area contributed by atoms with Gasteiger partial charge in [0.15, 0.2) is 0 Å². The molecular weight excluding hydrogens is 294 g/mol. The molecule has 0 bridgehead atoms. The number of hydrogen-bond acceptors (Lipinski definition) is 4. The van der Waals surface area contributed by atoms with Crippen molar-refractivity contribution in [2.45, 2.75) is 13.0 Å². The SMILES string of the molecule is O=C1[C@@H]2CN(Cc3ccncc3)C[C@H]2CCN1c1ccsc1. The Morgan fingerprint density at radius 1 is 1.23 bits per heavy atom. The Morgan fingerprint density at radius 3 is 2.86 bits per heavy atom. The maximum Gasteiger partial charge on any atom is 0.231 e. The monoisotopic (exact) mass is 313 g/mol. The second-order valence-corrected chi connectivity index (χ2v) is 6.96. The van der Waals surface area contributed by atoms with Gasteiger partial charge >= 0.3 is 0 Å². The van der Waals surface area contributed by atoms with E-state index in [9.17, 15) is 4.79 Å². The third kappa shape index (κ3) is 2.55. The molecule has 0 saturated carbocycles. The van der Waals surface area contributed by atoms with Crippen LogP contribution >= 0.6 is 11.3 Å². The number of piperidine rings is 1. The second-order valence-electron chi connectivity index (χ2n) is 6.18. The number of rotatable bonds is 3. The van der Waals surface area contributed by atoms with Crippen molar-refractivity contribution in [2.24, 2.45) is 11.8 Å². The first kappa shape index (κ1) is 13.9. The number of nitrogens with zero attached hydrogens (tertiary/aromatic N) is 3. The van der Waals surface area contributed by atoms with Gasteiger partial charge in [0, 0.05) is 44.0 Å². The van der Waals surface area contributed by atoms with Gasteiger partial charge < -0.3 is 4.90 Å². The van der Waals surface area contributed by atoms with E-state index in [1.54, 1.807) is 11.3 Å². The van der Waals surface area contributed by atoms with Crippen molar-refractivity contribution in [1.29, 1.82) is 0 Å². The summed E-state index contributed by atoms with van der Waals surface area (Å²) in [6.45, 7) is 3.70. The summed E-state index contributed by atoms with van der Waals surface area (Å²) in [4.78, 5) is 21.3. The molecule has 114 valence electrons. The molecule has 22 heavy (non-hydrogen) atoms. The first-order chi connectivity index (χ1) is 10.8. The summed E-state index contributed by atoms with van der Waals surface area (Å²) in [6.07, 6.45) is 4.78. The van der Waals surface area contributed by atoms with Gasteiger partial charge in [-0.3, -0.25) is 14.7 Å². The van der Waals surface area contributed by atoms with Gasteiger partial charge in [-0.2, -0.15) is 11.3 Å². The Hall–Kier alpha value is -1.72. The third-order valence-electron chi connectivity index (χ3n) is 4.80. The van der Waals surface area contributed by atoms with Gasteiger partial charge in [-0.15, -0.1) is 0 Å². The minimum absolute atomic E-state index is 0.162. The van der Waals surface area contributed by atoms with Crippen LogP contribution in [-0.2, 0) is 11.3 Å². The molecular formula is C17H19N3OS. The van der Waals surface area contributed by atoms with E-state index in [2.05, 4.69) is 27.4 Å². The van der Waals surface area contributed by atoms with Crippen molar-refractivity contribution in [2.75, 3.05) is 24.5 Å². The maximum absolute atomic E-state index is 12.8. The number of carbonyl (C=O) groups excluding carboxylic acids is 1. The van der Waals surface area contributed by atoms with Gasteiger partial charge in [0.1, 0.15) is 0 Å². The van der Waals surface area contributed by atoms with Crippen molar-refractivity contribution in [1.82, 2.24) is 9.88 Å². The summed E-state index contributed by atoms with van der Waals surface area (Å²) in [5.41, 5.74) is 2.34. The molecule has 0 spiro atoms. The lowest BCUT2D eigenvalue weighted by Crippen LogP contribution is -2.45. The average molecular weight is 313 g/mol. The molecule has 2 atom stereocenters. The van der Waals surface area contributed by atoms with Crippen LogP contribution < -0.4 is 4.90 Å². The molecule has 0 aliphatic carbocycles. The van der Waals surface area contributed by atoms with Gasteiger partial charge in [-0.25, -0.2) is 0 Å². The van der Waals surface area contributed by atoms with Gasteiger partial charge in [0.05, 0.1) is 11.6 Å². The lowest BCUT2D eigenvalue weighted by Gasteiger charge is -2.33. The van der Waals surface area contributed by atoms with E-state index in [1.807, 2.05) is 28.7 Å². The van der Waals surface area contributed by atoms with Crippen molar-refractivity contribution in [3.8, 4) is 0 Å². The van der Waals surface area contributed by atoms with E-state index in [-0.39, 0.29) is 5.92 Å². The highest BCUT2D eigenvalue weighted by Gasteiger charge is 2.43. The molecule has 2 saturated heterocycles. The van der Waals surface area contributed by atoms with E-state index in [1.165, 1.54) is 5.56 Å². The van der Waals surface area contributed by atoms with Crippen LogP contribution in [0.5, 0.6) is 0 Å². The minimum atomic E-state index is 0.162. The molecule has 0 radical (unpaired) electrons. The fourth-order valence-corrected chi connectivity index (χ4v) is 4.32. The number of pyridine rings is 1. The highest BCUT2D eigenvalue weighted by atomic mass is 32.1. The topological polar surface area (TPSA) is 36.4 Å². The van der Waals surface area contributed by atoms with Crippen molar-refractivity contribution >= 4 is 22.9 Å². The number of aromatic nitrogens is 1. The van der Waals surface area contributed by atoms with E-state index >= 15 is 0 Å². The van der Waals surface area contributed by atoms with Crippen LogP contribution in [0, 0.1) is 11.8 Å².